The lowest BCUT2D eigenvalue weighted by molar-refractivity contribution is 0.379. The summed E-state index contributed by atoms with van der Waals surface area (Å²) in [4.78, 5) is 6.04. The summed E-state index contributed by atoms with van der Waals surface area (Å²) in [5, 5.41) is 12.2. The minimum absolute atomic E-state index is 0.0525. The minimum atomic E-state index is -2.24. The molecular weight excluding hydrogens is 1650 g/mol. The zero-order valence-electron chi connectivity index (χ0n) is 65.5. The first-order valence-electron chi connectivity index (χ1n) is 37.3. The largest absolute Gasteiger partial charge is 0.456 e. The van der Waals surface area contributed by atoms with Gasteiger partial charge in [0.1, 0.15) is 22.7 Å². The molecule has 16 aromatic rings. The summed E-state index contributed by atoms with van der Waals surface area (Å²) in [5.74, 6) is -21.5. The van der Waals surface area contributed by atoms with Crippen LogP contribution in [0.5, 0.6) is 0 Å². The van der Waals surface area contributed by atoms with E-state index in [1.54, 1.807) is 71.2 Å². The number of hydrogen-bond donors (Lipinski definition) is 1. The average molecular weight is 1720 g/mol. The van der Waals surface area contributed by atoms with E-state index in [9.17, 15) is 43.9 Å². The number of halogens is 13. The van der Waals surface area contributed by atoms with Gasteiger partial charge in [0, 0.05) is 120 Å². The van der Waals surface area contributed by atoms with Crippen molar-refractivity contribution in [2.75, 3.05) is 20.0 Å². The molecule has 4 heterocycles. The molecule has 0 bridgehead atoms. The van der Waals surface area contributed by atoms with Crippen LogP contribution in [0.25, 0.3) is 64.8 Å². The maximum atomic E-state index is 14.9. The Morgan fingerprint density at radius 1 is 0.325 bits per heavy atom. The fraction of sp³-hybridized carbons (Fsp3) is 0.167. The van der Waals surface area contributed by atoms with Crippen molar-refractivity contribution in [3.8, 4) is 22.6 Å². The molecule has 12 aromatic carbocycles. The maximum Gasteiger partial charge on any atom is 0.200 e. The molecule has 0 saturated heterocycles. The molecule has 0 amide bonds. The third-order valence-corrected chi connectivity index (χ3v) is 22.9. The number of rotatable bonds is 13. The molecule has 21 heteroatoms. The highest BCUT2D eigenvalue weighted by molar-refractivity contribution is 9.10. The van der Waals surface area contributed by atoms with Gasteiger partial charge in [-0.1, -0.05) is 195 Å². The van der Waals surface area contributed by atoms with E-state index in [4.69, 9.17) is 32.0 Å². The first-order valence-corrected chi connectivity index (χ1v) is 40.6. The van der Waals surface area contributed by atoms with Crippen LogP contribution in [0.2, 0.25) is 10.0 Å². The van der Waals surface area contributed by atoms with Crippen LogP contribution in [0.15, 0.2) is 255 Å². The van der Waals surface area contributed by atoms with Crippen molar-refractivity contribution >= 4 is 166 Å². The van der Waals surface area contributed by atoms with E-state index in [1.807, 2.05) is 94.7 Å². The molecule has 117 heavy (non-hydrogen) atoms. The molecule has 0 unspecified atom stereocenters. The molecule has 0 atom stereocenters. The van der Waals surface area contributed by atoms with Gasteiger partial charge in [-0.2, -0.15) is 0 Å². The van der Waals surface area contributed by atoms with E-state index < -0.39 is 80.8 Å². The Kier molecular flexibility index (Phi) is 23.0. The average Bonchev–Trinajstić information content (AvgIpc) is 1.69. The molecule has 596 valence electrons. The Balaban J connectivity index is 0.000000161. The number of furan rings is 2. The predicted octanol–water partition coefficient (Wildman–Crippen LogP) is 33.1. The van der Waals surface area contributed by atoms with Crippen molar-refractivity contribution in [3.63, 3.8) is 0 Å². The van der Waals surface area contributed by atoms with E-state index in [2.05, 4.69) is 205 Å². The number of thiophene rings is 2. The monoisotopic (exact) mass is 1720 g/mol. The van der Waals surface area contributed by atoms with Crippen LogP contribution in [0.3, 0.4) is 0 Å². The zero-order chi connectivity index (χ0) is 83.6. The Bertz CT molecular complexity index is 6350. The minimum Gasteiger partial charge on any atom is -0.456 e. The second-order valence-corrected chi connectivity index (χ2v) is 36.1. The van der Waals surface area contributed by atoms with E-state index in [1.165, 1.54) is 50.2 Å². The number of para-hydroxylation sites is 2. The molecular formula is C96H77BrCl2F10N4O2S2. The number of nitrogens with zero attached hydrogens (tertiary/aromatic N) is 3. The molecule has 0 spiro atoms. The van der Waals surface area contributed by atoms with Crippen molar-refractivity contribution in [1.29, 1.82) is 0 Å². The molecule has 0 aliphatic rings. The van der Waals surface area contributed by atoms with Crippen molar-refractivity contribution in [3.05, 3.63) is 336 Å². The van der Waals surface area contributed by atoms with Crippen LogP contribution in [0.1, 0.15) is 105 Å². The van der Waals surface area contributed by atoms with Crippen LogP contribution >= 0.6 is 61.8 Å². The smallest absolute Gasteiger partial charge is 0.200 e. The molecule has 0 radical (unpaired) electrons. The van der Waals surface area contributed by atoms with Crippen molar-refractivity contribution in [2.45, 2.75) is 105 Å². The maximum absolute atomic E-state index is 14.9. The van der Waals surface area contributed by atoms with E-state index in [0.717, 1.165) is 48.7 Å². The van der Waals surface area contributed by atoms with Gasteiger partial charge in [-0.05, 0) is 190 Å². The molecule has 0 aliphatic carbocycles. The molecule has 0 aliphatic heterocycles. The summed E-state index contributed by atoms with van der Waals surface area (Å²) in [6.07, 6.45) is 0. The summed E-state index contributed by atoms with van der Waals surface area (Å²) in [7, 11) is 0. The summed E-state index contributed by atoms with van der Waals surface area (Å²) < 4.78 is 156. The van der Waals surface area contributed by atoms with Crippen molar-refractivity contribution in [1.82, 2.24) is 0 Å². The normalized spacial score (nSPS) is 12.0. The van der Waals surface area contributed by atoms with Crippen molar-refractivity contribution < 1.29 is 52.7 Å². The first kappa shape index (κ1) is 82.7. The quantitative estimate of drug-likeness (QED) is 0.0705. The molecule has 16 rings (SSSR count). The number of anilines is 11. The highest BCUT2D eigenvalue weighted by atomic mass is 79.9. The van der Waals surface area contributed by atoms with Gasteiger partial charge in [0.25, 0.3) is 0 Å². The predicted molar refractivity (Wildman–Crippen MR) is 466 cm³/mol. The van der Waals surface area contributed by atoms with Gasteiger partial charge >= 0.3 is 0 Å². The summed E-state index contributed by atoms with van der Waals surface area (Å²) in [5.41, 5.74) is 12.7. The highest BCUT2D eigenvalue weighted by Crippen LogP contribution is 2.49. The summed E-state index contributed by atoms with van der Waals surface area (Å²) in [6, 6.07) is 73.4. The Morgan fingerprint density at radius 2 is 0.684 bits per heavy atom. The Morgan fingerprint density at radius 3 is 1.12 bits per heavy atom. The standard InChI is InChI=1S/C48H38ClF5N2OS.C26H12BrClF5NO.C22H27NS/c1-47(2,3)28-13-17-32(18-14-28)56(37-26-58-40-19-15-29(21-36(37)40)48(4,5)6)35-23-30(49)22-34(24-35)55(31-10-8-7-9-11-31)33-16-12-27-20-39(57-38(27)25-33)41-42(50)44(52)46(54)45(53)43(41)51;27-14-9-15(28)11-18(10-14)34(16-4-2-1-3-5-16)17-7-6-13-8-20(35-19(13)12-17)21-22(29)24(31)26(33)25(32)23(21)30;1-21(2,3)15-7-10-17(11-8-15)23-19-14-24-20-12-9-16(13-18(19)20)22(4,5)6/h7-26H,1-6H3;1-12H;7-14,23H,1-6H3. The molecule has 4 aromatic heterocycles. The third-order valence-electron chi connectivity index (χ3n) is 20.1. The van der Waals surface area contributed by atoms with E-state index >= 15 is 0 Å². The number of benzene rings is 12. The Labute approximate surface area is 697 Å². The molecule has 6 nitrogen and oxygen atoms in total. The lowest BCUT2D eigenvalue weighted by atomic mass is 9.86. The van der Waals surface area contributed by atoms with Crippen LogP contribution in [-0.4, -0.2) is 0 Å². The molecule has 0 fully saturated rings. The lowest BCUT2D eigenvalue weighted by Gasteiger charge is -2.30. The van der Waals surface area contributed by atoms with Gasteiger partial charge in [-0.3, -0.25) is 0 Å². The van der Waals surface area contributed by atoms with E-state index in [0.29, 0.717) is 43.6 Å². The van der Waals surface area contributed by atoms with Gasteiger partial charge in [0.2, 0.25) is 11.6 Å². The SMILES string of the molecule is CC(C)(C)c1ccc(N(c2cc(Cl)cc(N(c3ccccc3)c3ccc4cc(-c5c(F)c(F)c(F)c(F)c5F)oc4c3)c2)c2csc3ccc(C(C)(C)C)cc23)cc1.CC(C)(C)c1ccc(Nc2csc3ccc(C(C)(C)C)cc23)cc1.Fc1c(F)c(F)c(-c2cc3ccc(N(c4ccccc4)c4cc(Cl)cc(Br)c4)cc3o2)c(F)c1F. The first-order chi connectivity index (χ1) is 55.4. The van der Waals surface area contributed by atoms with Crippen LogP contribution in [0.4, 0.5) is 106 Å². The van der Waals surface area contributed by atoms with Crippen LogP contribution < -0.4 is 20.0 Å². The van der Waals surface area contributed by atoms with Gasteiger partial charge in [0.05, 0.1) is 22.5 Å². The fourth-order valence-electron chi connectivity index (χ4n) is 13.7. The van der Waals surface area contributed by atoms with Crippen LogP contribution in [0, 0.1) is 58.2 Å². The second kappa shape index (κ2) is 32.6. The van der Waals surface area contributed by atoms with Crippen LogP contribution in [-0.2, 0) is 21.7 Å². The summed E-state index contributed by atoms with van der Waals surface area (Å²) >= 11 is 20.2. The highest BCUT2D eigenvalue weighted by Gasteiger charge is 2.32. The van der Waals surface area contributed by atoms with Gasteiger partial charge < -0.3 is 28.9 Å². The number of fused-ring (bicyclic) bond motifs is 4. The van der Waals surface area contributed by atoms with Gasteiger partial charge in [-0.25, -0.2) is 43.9 Å². The zero-order valence-corrected chi connectivity index (χ0v) is 70.2. The summed E-state index contributed by atoms with van der Waals surface area (Å²) in [6.45, 7) is 26.7. The van der Waals surface area contributed by atoms with Gasteiger partial charge in [-0.15, -0.1) is 22.7 Å². The topological polar surface area (TPSA) is 48.0 Å². The van der Waals surface area contributed by atoms with E-state index in [-0.39, 0.29) is 32.8 Å². The lowest BCUT2D eigenvalue weighted by Crippen LogP contribution is -2.14. The van der Waals surface area contributed by atoms with Gasteiger partial charge in [0.15, 0.2) is 46.5 Å². The Hall–Kier alpha value is -10.8. The third kappa shape index (κ3) is 17.2. The molecule has 1 N–H and O–H groups in total. The molecule has 0 saturated carbocycles. The number of nitrogens with one attached hydrogen (secondary N) is 1. The number of hydrogen-bond acceptors (Lipinski definition) is 8. The fourth-order valence-corrected chi connectivity index (χ4v) is 16.6. The second-order valence-electron chi connectivity index (χ2n) is 32.5. The van der Waals surface area contributed by atoms with Crippen molar-refractivity contribution in [2.24, 2.45) is 0 Å².